The molecule has 2 heterocycles. The van der Waals surface area contributed by atoms with Crippen LogP contribution in [-0.4, -0.2) is 29.4 Å². The lowest BCUT2D eigenvalue weighted by Gasteiger charge is -2.74. The summed E-state index contributed by atoms with van der Waals surface area (Å²) in [6.45, 7) is 14.5. The molecule has 1 saturated heterocycles. The van der Waals surface area contributed by atoms with Crippen molar-refractivity contribution in [2.45, 2.75) is 96.8 Å². The Hall–Kier alpha value is -1.06. The topological polar surface area (TPSA) is 41.5 Å². The number of hydrogen-bond donors (Lipinski definition) is 2. The van der Waals surface area contributed by atoms with E-state index in [0.29, 0.717) is 6.04 Å². The second-order valence-electron chi connectivity index (χ2n) is 12.5. The van der Waals surface area contributed by atoms with Gasteiger partial charge >= 0.3 is 0 Å². The highest BCUT2D eigenvalue weighted by atomic mass is 16.5. The minimum absolute atomic E-state index is 0.000486. The van der Waals surface area contributed by atoms with Crippen LogP contribution in [0.3, 0.4) is 0 Å². The summed E-state index contributed by atoms with van der Waals surface area (Å²) in [5.74, 6) is 1.45. The van der Waals surface area contributed by atoms with Gasteiger partial charge in [-0.15, -0.1) is 0 Å². The Morgan fingerprint density at radius 3 is 2.62 bits per heavy atom. The van der Waals surface area contributed by atoms with Crippen LogP contribution in [0.5, 0.6) is 5.75 Å². The number of aryl methyl sites for hydroxylation is 1. The summed E-state index contributed by atoms with van der Waals surface area (Å²) in [5.41, 5.74) is 3.84. The van der Waals surface area contributed by atoms with Gasteiger partial charge in [0.05, 0.1) is 5.60 Å². The predicted molar refractivity (Wildman–Crippen MR) is 115 cm³/mol. The zero-order valence-electron chi connectivity index (χ0n) is 19.0. The molecule has 2 spiro atoms. The molecule has 0 unspecified atom stereocenters. The van der Waals surface area contributed by atoms with Crippen LogP contribution in [0.25, 0.3) is 0 Å². The highest BCUT2D eigenvalue weighted by Gasteiger charge is 2.79. The summed E-state index contributed by atoms with van der Waals surface area (Å²) in [6, 6.07) is 5.15. The van der Waals surface area contributed by atoms with E-state index in [1.54, 1.807) is 5.56 Å². The lowest BCUT2D eigenvalue weighted by Crippen LogP contribution is -2.79. The normalized spacial score (nSPS) is 46.1. The first-order valence-corrected chi connectivity index (χ1v) is 11.7. The van der Waals surface area contributed by atoms with Gasteiger partial charge in [0.15, 0.2) is 0 Å². The van der Waals surface area contributed by atoms with E-state index in [1.165, 1.54) is 29.7 Å². The van der Waals surface area contributed by atoms with Crippen molar-refractivity contribution in [3.8, 4) is 5.75 Å². The fourth-order valence-electron chi connectivity index (χ4n) is 8.80. The minimum Gasteiger partial charge on any atom is -0.488 e. The van der Waals surface area contributed by atoms with Gasteiger partial charge in [-0.25, -0.2) is 0 Å². The van der Waals surface area contributed by atoms with Crippen LogP contribution < -0.4 is 10.1 Å². The molecule has 0 aromatic heterocycles. The SMILES string of the molecule is Cc1ccc2c3c1O[C@H]1[C@@]4(C)CC[C@@]5(C[C@@H]4[C@](C)(O)C(C)(C)C)[C@@H](C2)NCC[C@]315. The van der Waals surface area contributed by atoms with Crippen LogP contribution in [0.1, 0.15) is 77.0 Å². The largest absolute Gasteiger partial charge is 0.488 e. The molecule has 3 saturated carbocycles. The first kappa shape index (κ1) is 18.7. The van der Waals surface area contributed by atoms with Crippen LogP contribution in [0.15, 0.2) is 12.1 Å². The smallest absolute Gasteiger partial charge is 0.126 e. The number of nitrogens with one attached hydrogen (secondary N) is 1. The van der Waals surface area contributed by atoms with Gasteiger partial charge < -0.3 is 15.2 Å². The van der Waals surface area contributed by atoms with Crippen LogP contribution in [-0.2, 0) is 11.8 Å². The van der Waals surface area contributed by atoms with E-state index in [4.69, 9.17) is 4.74 Å². The predicted octanol–water partition coefficient (Wildman–Crippen LogP) is 4.52. The van der Waals surface area contributed by atoms with Crippen molar-refractivity contribution in [1.29, 1.82) is 0 Å². The number of aliphatic hydroxyl groups is 1. The van der Waals surface area contributed by atoms with E-state index in [0.717, 1.165) is 25.8 Å². The third kappa shape index (κ3) is 1.78. The molecule has 29 heavy (non-hydrogen) atoms. The van der Waals surface area contributed by atoms with E-state index < -0.39 is 5.60 Å². The fraction of sp³-hybridized carbons (Fsp3) is 0.769. The Balaban J connectivity index is 1.63. The molecule has 7 atom stereocenters. The summed E-state index contributed by atoms with van der Waals surface area (Å²) in [5, 5.41) is 15.9. The zero-order chi connectivity index (χ0) is 20.6. The maximum Gasteiger partial charge on any atom is 0.126 e. The maximum atomic E-state index is 12.0. The van der Waals surface area contributed by atoms with Crippen molar-refractivity contribution in [3.63, 3.8) is 0 Å². The van der Waals surface area contributed by atoms with Crippen molar-refractivity contribution in [2.75, 3.05) is 6.54 Å². The summed E-state index contributed by atoms with van der Waals surface area (Å²) >= 11 is 0. The first-order valence-electron chi connectivity index (χ1n) is 11.7. The molecule has 1 aromatic carbocycles. The average molecular weight is 396 g/mol. The third-order valence-corrected chi connectivity index (χ3v) is 10.7. The van der Waals surface area contributed by atoms with E-state index in [9.17, 15) is 5.11 Å². The Morgan fingerprint density at radius 1 is 1.14 bits per heavy atom. The molecule has 3 heteroatoms. The van der Waals surface area contributed by atoms with Crippen LogP contribution in [0, 0.1) is 29.1 Å². The molecule has 3 nitrogen and oxygen atoms in total. The van der Waals surface area contributed by atoms with Gasteiger partial charge in [-0.1, -0.05) is 39.8 Å². The molecule has 4 aliphatic carbocycles. The summed E-state index contributed by atoms with van der Waals surface area (Å²) in [7, 11) is 0. The Labute approximate surface area is 175 Å². The molecule has 7 rings (SSSR count). The van der Waals surface area contributed by atoms with Gasteiger partial charge in [-0.3, -0.25) is 0 Å². The maximum absolute atomic E-state index is 12.0. The monoisotopic (exact) mass is 395 g/mol. The number of hydrogen-bond acceptors (Lipinski definition) is 3. The van der Waals surface area contributed by atoms with Crippen molar-refractivity contribution < 1.29 is 9.84 Å². The number of piperidine rings is 1. The summed E-state index contributed by atoms with van der Waals surface area (Å²) in [6.07, 6.45) is 6.04. The average Bonchev–Trinajstić information content (AvgIpc) is 2.99. The molecule has 6 aliphatic rings. The molecule has 0 amide bonds. The molecule has 1 aromatic rings. The molecular formula is C26H37NO2. The molecule has 4 bridgehead atoms. The molecular weight excluding hydrogens is 358 g/mol. The van der Waals surface area contributed by atoms with Crippen molar-refractivity contribution in [1.82, 2.24) is 5.32 Å². The van der Waals surface area contributed by atoms with Crippen LogP contribution in [0.4, 0.5) is 0 Å². The quantitative estimate of drug-likeness (QED) is 0.735. The van der Waals surface area contributed by atoms with Crippen molar-refractivity contribution in [2.24, 2.45) is 22.2 Å². The van der Waals surface area contributed by atoms with Crippen LogP contribution in [0.2, 0.25) is 0 Å². The van der Waals surface area contributed by atoms with Gasteiger partial charge in [-0.05, 0) is 80.4 Å². The standard InChI is InChI=1S/C26H37NO2/c1-15-7-8-16-13-18-25-10-9-23(5,17(14-25)24(6,28)22(2,3)4)21-26(25,11-12-27-18)19(16)20(15)29-21/h7-8,17-18,21,27-28H,9-14H2,1-6H3/t17-,18+,21-,23-,24-,25+,26-/m0/s1. The number of rotatable bonds is 1. The third-order valence-electron chi connectivity index (χ3n) is 10.7. The highest BCUT2D eigenvalue weighted by molar-refractivity contribution is 5.60. The summed E-state index contributed by atoms with van der Waals surface area (Å²) in [4.78, 5) is 0. The van der Waals surface area contributed by atoms with E-state index >= 15 is 0 Å². The fourth-order valence-corrected chi connectivity index (χ4v) is 8.80. The molecule has 2 N–H and O–H groups in total. The summed E-state index contributed by atoms with van der Waals surface area (Å²) < 4.78 is 7.04. The molecule has 2 aliphatic heterocycles. The van der Waals surface area contributed by atoms with E-state index in [2.05, 4.69) is 59.0 Å². The molecule has 158 valence electrons. The Kier molecular flexibility index (Phi) is 3.25. The van der Waals surface area contributed by atoms with Gasteiger partial charge in [0.1, 0.15) is 11.9 Å². The number of benzene rings is 1. The van der Waals surface area contributed by atoms with Gasteiger partial charge in [0, 0.05) is 22.4 Å². The van der Waals surface area contributed by atoms with Crippen molar-refractivity contribution >= 4 is 0 Å². The number of ether oxygens (including phenoxy) is 1. The second kappa shape index (κ2) is 5.05. The first-order chi connectivity index (χ1) is 13.5. The van der Waals surface area contributed by atoms with Crippen molar-refractivity contribution in [3.05, 3.63) is 28.8 Å². The lowest BCUT2D eigenvalue weighted by atomic mass is 9.31. The van der Waals surface area contributed by atoms with E-state index in [1.807, 2.05) is 0 Å². The highest BCUT2D eigenvalue weighted by Crippen LogP contribution is 2.78. The van der Waals surface area contributed by atoms with Crippen LogP contribution >= 0.6 is 0 Å². The minimum atomic E-state index is -0.724. The Bertz CT molecular complexity index is 914. The van der Waals surface area contributed by atoms with E-state index in [-0.39, 0.29) is 33.7 Å². The van der Waals surface area contributed by atoms with Gasteiger partial charge in [-0.2, -0.15) is 0 Å². The second-order valence-corrected chi connectivity index (χ2v) is 12.5. The van der Waals surface area contributed by atoms with Gasteiger partial charge in [0.25, 0.3) is 0 Å². The van der Waals surface area contributed by atoms with Gasteiger partial charge in [0.2, 0.25) is 0 Å². The lowest BCUT2D eigenvalue weighted by molar-refractivity contribution is -0.263. The number of fused-ring (bicyclic) bond motifs is 2. The molecule has 0 radical (unpaired) electrons. The molecule has 4 fully saturated rings. The Morgan fingerprint density at radius 2 is 1.90 bits per heavy atom. The zero-order valence-corrected chi connectivity index (χ0v) is 19.0.